The Kier molecular flexibility index (Phi) is 20.6. The number of nitriles is 2. The molecule has 2 amide bonds. The maximum absolute atomic E-state index is 14.4. The van der Waals surface area contributed by atoms with Gasteiger partial charge in [0.2, 0.25) is 0 Å². The van der Waals surface area contributed by atoms with Gasteiger partial charge >= 0.3 is 0 Å². The van der Waals surface area contributed by atoms with Crippen LogP contribution in [-0.4, -0.2) is 23.3 Å². The first-order valence-electron chi connectivity index (χ1n) is 21.3. The Morgan fingerprint density at radius 1 is 0.527 bits per heavy atom. The number of amides is 2. The second kappa shape index (κ2) is 25.6. The van der Waals surface area contributed by atoms with Crippen molar-refractivity contribution < 1.29 is 9.59 Å². The molecule has 5 nitrogen and oxygen atoms in total. The van der Waals surface area contributed by atoms with E-state index >= 15 is 0 Å². The number of benzene rings is 3. The first kappa shape index (κ1) is 44.2. The summed E-state index contributed by atoms with van der Waals surface area (Å²) in [7, 11) is 0. The molecule has 3 aromatic carbocycles. The van der Waals surface area contributed by atoms with E-state index in [1.165, 1.54) is 131 Å². The molecule has 0 saturated heterocycles. The minimum absolute atomic E-state index is 0.119. The molecule has 3 aromatic rings. The van der Waals surface area contributed by atoms with Gasteiger partial charge < -0.3 is 0 Å². The van der Waals surface area contributed by atoms with Crippen LogP contribution in [0.25, 0.3) is 0 Å². The largest absolute Gasteiger partial charge is 0.274 e. The number of hydrogen-bond acceptors (Lipinski definition) is 6. The van der Waals surface area contributed by atoms with Gasteiger partial charge in [-0.2, -0.15) is 10.5 Å². The van der Waals surface area contributed by atoms with Crippen LogP contribution >= 0.6 is 23.5 Å². The molecule has 0 bridgehead atoms. The highest BCUT2D eigenvalue weighted by molar-refractivity contribution is 8.01. The van der Waals surface area contributed by atoms with Crippen LogP contribution in [0, 0.1) is 28.6 Å². The highest BCUT2D eigenvalue weighted by atomic mass is 32.2. The van der Waals surface area contributed by atoms with E-state index in [1.807, 2.05) is 60.7 Å². The van der Waals surface area contributed by atoms with Gasteiger partial charge in [0.15, 0.2) is 0 Å². The van der Waals surface area contributed by atoms with E-state index in [0.717, 1.165) is 36.8 Å². The third kappa shape index (κ3) is 13.9. The van der Waals surface area contributed by atoms with Gasteiger partial charge in [-0.1, -0.05) is 190 Å². The molecule has 1 heterocycles. The maximum atomic E-state index is 14.4. The molecule has 4 rings (SSSR count). The Hall–Kier alpha value is -3.52. The van der Waals surface area contributed by atoms with Crippen molar-refractivity contribution in [2.45, 2.75) is 164 Å². The summed E-state index contributed by atoms with van der Waals surface area (Å²) in [5.74, 6) is 0.509. The average Bonchev–Trinajstić information content (AvgIpc) is 3.45. The molecule has 1 unspecified atom stereocenters. The van der Waals surface area contributed by atoms with Crippen LogP contribution < -0.4 is 0 Å². The van der Waals surface area contributed by atoms with E-state index in [2.05, 4.69) is 26.0 Å². The minimum atomic E-state index is -0.418. The Morgan fingerprint density at radius 2 is 0.873 bits per heavy atom. The van der Waals surface area contributed by atoms with Crippen molar-refractivity contribution in [1.82, 2.24) is 4.90 Å². The summed E-state index contributed by atoms with van der Waals surface area (Å²) in [5.41, 5.74) is 2.84. The average molecular weight is 778 g/mol. The SMILES string of the molecule is CCCCCCCCCCCCC(CCCCCCCCCC)CN1C(=O)c2c(C#N)c(SCc3ccccc3)c(SCc3ccccc3)c(C#N)c2C1=O. The van der Waals surface area contributed by atoms with Gasteiger partial charge in [0, 0.05) is 27.8 Å². The molecule has 7 heteroatoms. The fourth-order valence-electron chi connectivity index (χ4n) is 7.68. The van der Waals surface area contributed by atoms with E-state index < -0.39 is 11.8 Å². The van der Waals surface area contributed by atoms with Crippen molar-refractivity contribution in [3.05, 3.63) is 94.0 Å². The number of rotatable bonds is 28. The van der Waals surface area contributed by atoms with Gasteiger partial charge in [-0.25, -0.2) is 0 Å². The van der Waals surface area contributed by atoms with Gasteiger partial charge in [0.05, 0.1) is 22.3 Å². The van der Waals surface area contributed by atoms with Crippen LogP contribution in [0.1, 0.15) is 185 Å². The lowest BCUT2D eigenvalue weighted by Crippen LogP contribution is -2.35. The number of thioether (sulfide) groups is 2. The zero-order chi connectivity index (χ0) is 39.1. The normalized spacial score (nSPS) is 12.8. The molecular weight excluding hydrogens is 715 g/mol. The highest BCUT2D eigenvalue weighted by Crippen LogP contribution is 2.45. The highest BCUT2D eigenvalue weighted by Gasteiger charge is 2.43. The summed E-state index contributed by atoms with van der Waals surface area (Å²) >= 11 is 2.94. The lowest BCUT2D eigenvalue weighted by Gasteiger charge is -2.23. The van der Waals surface area contributed by atoms with Gasteiger partial charge in [-0.3, -0.25) is 14.5 Å². The number of nitrogens with zero attached hydrogens (tertiary/aromatic N) is 3. The van der Waals surface area contributed by atoms with Gasteiger partial charge in [-0.15, -0.1) is 23.5 Å². The molecule has 55 heavy (non-hydrogen) atoms. The number of imide groups is 1. The van der Waals surface area contributed by atoms with Crippen LogP contribution in [0.5, 0.6) is 0 Å². The summed E-state index contributed by atoms with van der Waals surface area (Å²) in [6, 6.07) is 24.7. The van der Waals surface area contributed by atoms with Crippen LogP contribution in [-0.2, 0) is 11.5 Å². The summed E-state index contributed by atoms with van der Waals surface area (Å²) < 4.78 is 0. The Bertz CT molecular complexity index is 1600. The van der Waals surface area contributed by atoms with E-state index in [0.29, 0.717) is 27.8 Å². The van der Waals surface area contributed by atoms with Gasteiger partial charge in [0.25, 0.3) is 11.8 Å². The Balaban J connectivity index is 1.53. The van der Waals surface area contributed by atoms with E-state index in [9.17, 15) is 20.1 Å². The first-order chi connectivity index (χ1) is 27.0. The smallest absolute Gasteiger partial charge is 0.262 e. The van der Waals surface area contributed by atoms with Crippen LogP contribution in [0.4, 0.5) is 0 Å². The molecular formula is C48H63N3O2S2. The zero-order valence-electron chi connectivity index (χ0n) is 33.6. The topological polar surface area (TPSA) is 85.0 Å². The molecule has 1 atom stereocenters. The quantitative estimate of drug-likeness (QED) is 0.0415. The second-order valence-electron chi connectivity index (χ2n) is 15.3. The lowest BCUT2D eigenvalue weighted by atomic mass is 9.93. The number of fused-ring (bicyclic) bond motifs is 1. The summed E-state index contributed by atoms with van der Waals surface area (Å²) in [5, 5.41) is 21.4. The number of unbranched alkanes of at least 4 members (excludes halogenated alkanes) is 16. The van der Waals surface area contributed by atoms with E-state index in [4.69, 9.17) is 0 Å². The molecule has 0 fully saturated rings. The van der Waals surface area contributed by atoms with Crippen molar-refractivity contribution in [2.24, 2.45) is 5.92 Å². The van der Waals surface area contributed by atoms with Crippen molar-refractivity contribution in [3.63, 3.8) is 0 Å². The molecule has 0 radical (unpaired) electrons. The predicted octanol–water partition coefficient (Wildman–Crippen LogP) is 14.1. The van der Waals surface area contributed by atoms with E-state index in [1.54, 1.807) is 0 Å². The van der Waals surface area contributed by atoms with Crippen molar-refractivity contribution in [2.75, 3.05) is 6.54 Å². The molecule has 1 aliphatic rings. The van der Waals surface area contributed by atoms with Crippen molar-refractivity contribution >= 4 is 35.3 Å². The standard InChI is InChI=1S/C48H63N3O2S2/c1-3-5-7-9-11-13-14-16-18-22-28-38(27-21-17-15-12-10-8-6-4-2)35-51-47(52)43-41(33-49)45(54-36-39-29-23-19-24-30-39)46(42(34-50)44(43)48(51)53)55-37-40-31-25-20-26-32-40/h19-20,23-26,29-32,38H,3-18,21-22,27-28,35-37H2,1-2H3. The summed E-state index contributed by atoms with van der Waals surface area (Å²) in [6.07, 6.45) is 24.6. The third-order valence-electron chi connectivity index (χ3n) is 10.9. The monoisotopic (exact) mass is 777 g/mol. The first-order valence-corrected chi connectivity index (χ1v) is 23.2. The lowest BCUT2D eigenvalue weighted by molar-refractivity contribution is 0.0621. The fourth-order valence-corrected chi connectivity index (χ4v) is 10.1. The number of carbonyl (C=O) groups excluding carboxylic acids is 2. The maximum Gasteiger partial charge on any atom is 0.262 e. The number of carbonyl (C=O) groups is 2. The van der Waals surface area contributed by atoms with Crippen LogP contribution in [0.2, 0.25) is 0 Å². The van der Waals surface area contributed by atoms with E-state index in [-0.39, 0.29) is 28.2 Å². The molecule has 0 spiro atoms. The molecule has 0 N–H and O–H groups in total. The fraction of sp³-hybridized carbons (Fsp3) is 0.542. The predicted molar refractivity (Wildman–Crippen MR) is 230 cm³/mol. The Morgan fingerprint density at radius 3 is 1.22 bits per heavy atom. The van der Waals surface area contributed by atoms with Gasteiger partial charge in [0.1, 0.15) is 12.1 Å². The van der Waals surface area contributed by atoms with Crippen LogP contribution in [0.15, 0.2) is 70.5 Å². The molecule has 0 saturated carbocycles. The third-order valence-corrected chi connectivity index (χ3v) is 13.4. The summed E-state index contributed by atoms with van der Waals surface area (Å²) in [4.78, 5) is 31.4. The molecule has 294 valence electrons. The molecule has 0 aliphatic carbocycles. The zero-order valence-corrected chi connectivity index (χ0v) is 35.2. The second-order valence-corrected chi connectivity index (χ2v) is 17.2. The molecule has 0 aromatic heterocycles. The number of hydrogen-bond donors (Lipinski definition) is 0. The van der Waals surface area contributed by atoms with Gasteiger partial charge in [-0.05, 0) is 29.9 Å². The summed E-state index contributed by atoms with van der Waals surface area (Å²) in [6.45, 7) is 4.85. The molecule has 1 aliphatic heterocycles. The van der Waals surface area contributed by atoms with Crippen LogP contribution in [0.3, 0.4) is 0 Å². The minimum Gasteiger partial charge on any atom is -0.274 e. The van der Waals surface area contributed by atoms with Crippen molar-refractivity contribution in [1.29, 1.82) is 10.5 Å². The van der Waals surface area contributed by atoms with Crippen molar-refractivity contribution in [3.8, 4) is 12.1 Å². The Labute approximate surface area is 341 Å².